The molecule has 498 valence electrons. The fourth-order valence-electron chi connectivity index (χ4n) is 11.0. The van der Waals surface area contributed by atoms with E-state index in [4.69, 9.17) is 41.0 Å². The Morgan fingerprint density at radius 2 is 1.76 bits per heavy atom. The summed E-state index contributed by atoms with van der Waals surface area (Å²) in [6.45, 7) is 10.9. The largest absolute Gasteiger partial charge is 0.495 e. The van der Waals surface area contributed by atoms with Crippen molar-refractivity contribution in [3.63, 3.8) is 0 Å². The number of nitrogens with two attached hydrogens (primary N) is 1. The molecule has 25 nitrogen and oxygen atoms in total. The Bertz CT molecular complexity index is 3230. The summed E-state index contributed by atoms with van der Waals surface area (Å²) in [6.07, 6.45) is 4.52. The average Bonchev–Trinajstić information content (AvgIpc) is 1.59. The summed E-state index contributed by atoms with van der Waals surface area (Å²) in [5, 5.41) is 30.0. The number of likely N-dealkylation sites (N-methyl/N-ethyl adjacent to an activating group) is 1. The molecule has 0 spiro atoms. The van der Waals surface area contributed by atoms with Crippen LogP contribution in [0.5, 0.6) is 5.75 Å². The minimum Gasteiger partial charge on any atom is -0.495 e. The number of amides is 8. The Labute approximate surface area is 552 Å². The number of aliphatic hydroxyl groups is 1. The van der Waals surface area contributed by atoms with Gasteiger partial charge in [0, 0.05) is 68.8 Å². The number of halogens is 3. The quantitative estimate of drug-likeness (QED) is 0.0144. The number of ether oxygens (including phenoxy) is 5. The van der Waals surface area contributed by atoms with E-state index in [1.165, 1.54) is 58.5 Å². The number of carbonyl (C=O) groups is 9. The van der Waals surface area contributed by atoms with Gasteiger partial charge >= 0.3 is 18.1 Å². The van der Waals surface area contributed by atoms with E-state index >= 15 is 0 Å². The summed E-state index contributed by atoms with van der Waals surface area (Å²) in [7, 11) is 5.77. The van der Waals surface area contributed by atoms with E-state index in [-0.39, 0.29) is 59.9 Å². The molecular formula is C63H85Br2ClN10O15. The van der Waals surface area contributed by atoms with Crippen LogP contribution in [-0.2, 0) is 54.1 Å². The normalized spacial score (nSPS) is 23.7. The van der Waals surface area contributed by atoms with E-state index in [1.807, 2.05) is 13.0 Å². The number of hydrogen-bond acceptors (Lipinski definition) is 17. The summed E-state index contributed by atoms with van der Waals surface area (Å²) in [5.74, 6) is -4.51. The second-order valence-electron chi connectivity index (χ2n) is 23.9. The molecule has 1 aromatic heterocycles. The molecule has 91 heavy (non-hydrogen) atoms. The maximum Gasteiger partial charge on any atom is 0.409 e. The first-order valence-electron chi connectivity index (χ1n) is 30.1. The molecule has 2 fully saturated rings. The van der Waals surface area contributed by atoms with Crippen LogP contribution in [0.2, 0.25) is 5.02 Å². The molecule has 0 aliphatic carbocycles. The van der Waals surface area contributed by atoms with Gasteiger partial charge in [0.25, 0.3) is 5.91 Å². The third-order valence-corrected chi connectivity index (χ3v) is 19.2. The third kappa shape index (κ3) is 18.5. The number of unbranched alkanes of at least 4 members (excludes halogenated alkanes) is 2. The van der Waals surface area contributed by atoms with E-state index in [0.717, 1.165) is 22.3 Å². The molecule has 3 aromatic rings. The number of alkyl carbamates (subject to hydrolysis) is 1. The number of nitrogens with one attached hydrogen (secondary N) is 6. The van der Waals surface area contributed by atoms with Crippen molar-refractivity contribution in [3.05, 3.63) is 82.5 Å². The number of primary amides is 1. The maximum atomic E-state index is 14.7. The van der Waals surface area contributed by atoms with Crippen molar-refractivity contribution in [1.29, 1.82) is 0 Å². The monoisotopic (exact) mass is 1410 g/mol. The van der Waals surface area contributed by atoms with Gasteiger partial charge in [-0.1, -0.05) is 94.5 Å². The summed E-state index contributed by atoms with van der Waals surface area (Å²) in [5.41, 5.74) is 3.56. The second-order valence-corrected chi connectivity index (χ2v) is 25.4. The van der Waals surface area contributed by atoms with Crippen LogP contribution in [-0.4, -0.2) is 180 Å². The molecule has 6 rings (SSSR count). The molecule has 10 atom stereocenters. The van der Waals surface area contributed by atoms with Crippen molar-refractivity contribution in [3.8, 4) is 5.75 Å². The van der Waals surface area contributed by atoms with Crippen LogP contribution in [0.25, 0.3) is 10.9 Å². The molecule has 4 heterocycles. The van der Waals surface area contributed by atoms with Crippen molar-refractivity contribution in [1.82, 2.24) is 36.5 Å². The highest BCUT2D eigenvalue weighted by molar-refractivity contribution is 9.10. The standard InChI is InChI=1S/C63H85Br2ClN10O15/c1-35(2)52(73-49(78)21-12-11-13-26-70-62(32-64,33-65)34-77)56(81)72-43(19-16-25-69-59(67)84)55(80)71-42-23-22-41(53-40(42)18-15-24-68-53)57(82)75(7)38(5)58(83)90-48-30-50(79)76(8)44-28-39(29-45(87-9)51(44)66)27-36(3)17-14-20-47(88-10)63(86)31-46(89-60(85)74-63)37(4)54-61(48,6)91-54/h14-15,17-18,20,22-24,28-29,34-35,37-38,43,46-48,52,54,70,86H,11-13,16,19,21,25-27,30-33H2,1-10H3,(H,71,80)(H,72,81)(H,73,78)(H,74,85)(H3,67,69,84)/b20-14+,36-17+/t37-,38+,43+,46+,47-,48+,52+,54+,61+,63+/m1/s1. The highest BCUT2D eigenvalue weighted by Crippen LogP contribution is 2.49. The van der Waals surface area contributed by atoms with Gasteiger partial charge in [0.05, 0.1) is 47.6 Å². The summed E-state index contributed by atoms with van der Waals surface area (Å²) < 4.78 is 29.7. The summed E-state index contributed by atoms with van der Waals surface area (Å²) in [6, 6.07) is 5.33. The minimum atomic E-state index is -1.93. The highest BCUT2D eigenvalue weighted by Gasteiger charge is 2.64. The number of alkyl halides is 2. The fourth-order valence-corrected chi connectivity index (χ4v) is 12.9. The molecule has 3 aliphatic heterocycles. The average molecular weight is 1420 g/mol. The Hall–Kier alpha value is -6.75. The molecular weight excluding hydrogens is 1330 g/mol. The van der Waals surface area contributed by atoms with E-state index in [1.54, 1.807) is 64.1 Å². The fraction of sp³-hybridized carbons (Fsp3) is 0.556. The highest BCUT2D eigenvalue weighted by atomic mass is 79.9. The van der Waals surface area contributed by atoms with Crippen LogP contribution < -0.4 is 47.3 Å². The van der Waals surface area contributed by atoms with Crippen LogP contribution >= 0.6 is 43.5 Å². The van der Waals surface area contributed by atoms with Crippen molar-refractivity contribution >= 4 is 120 Å². The maximum absolute atomic E-state index is 14.7. The third-order valence-electron chi connectivity index (χ3n) is 16.8. The Morgan fingerprint density at radius 3 is 2.42 bits per heavy atom. The molecule has 2 saturated heterocycles. The number of pyridine rings is 1. The number of benzene rings is 2. The van der Waals surface area contributed by atoms with Crippen LogP contribution in [0.15, 0.2) is 66.4 Å². The summed E-state index contributed by atoms with van der Waals surface area (Å²) >= 11 is 13.6. The zero-order chi connectivity index (χ0) is 67.1. The molecule has 4 bridgehead atoms. The molecule has 9 N–H and O–H groups in total. The zero-order valence-electron chi connectivity index (χ0n) is 53.0. The van der Waals surface area contributed by atoms with E-state index in [9.17, 15) is 48.3 Å². The van der Waals surface area contributed by atoms with Gasteiger partial charge in [-0.25, -0.2) is 14.4 Å². The number of hydrogen-bond donors (Lipinski definition) is 8. The number of esters is 1. The van der Waals surface area contributed by atoms with Crippen molar-refractivity contribution in [2.45, 2.75) is 159 Å². The smallest absolute Gasteiger partial charge is 0.409 e. The predicted octanol–water partition coefficient (Wildman–Crippen LogP) is 6.27. The number of allylic oxidation sites excluding steroid dienone is 3. The lowest BCUT2D eigenvalue weighted by Gasteiger charge is -2.42. The van der Waals surface area contributed by atoms with E-state index in [0.29, 0.717) is 59.7 Å². The van der Waals surface area contributed by atoms with Gasteiger partial charge in [0.15, 0.2) is 5.72 Å². The lowest BCUT2D eigenvalue weighted by Crippen LogP contribution is -2.63. The Morgan fingerprint density at radius 1 is 1.03 bits per heavy atom. The number of fused-ring (bicyclic) bond motifs is 6. The second kappa shape index (κ2) is 32.7. The molecule has 0 saturated carbocycles. The summed E-state index contributed by atoms with van der Waals surface area (Å²) in [4.78, 5) is 129. The molecule has 0 radical (unpaired) electrons. The Kier molecular flexibility index (Phi) is 26.3. The lowest BCUT2D eigenvalue weighted by atomic mass is 9.83. The van der Waals surface area contributed by atoms with Gasteiger partial charge < -0.3 is 75.7 Å². The van der Waals surface area contributed by atoms with Gasteiger partial charge in [-0.05, 0) is 107 Å². The number of aldehydes is 1. The number of rotatable bonds is 26. The first-order chi connectivity index (χ1) is 43.1. The predicted molar refractivity (Wildman–Crippen MR) is 349 cm³/mol. The lowest BCUT2D eigenvalue weighted by molar-refractivity contribution is -0.158. The van der Waals surface area contributed by atoms with Crippen molar-refractivity contribution in [2.24, 2.45) is 17.6 Å². The topological polar surface area (TPSA) is 341 Å². The Balaban J connectivity index is 1.21. The molecule has 2 aromatic carbocycles. The molecule has 8 amide bonds. The van der Waals surface area contributed by atoms with E-state index in [2.05, 4.69) is 68.7 Å². The van der Waals surface area contributed by atoms with Gasteiger partial charge in [-0.2, -0.15) is 0 Å². The van der Waals surface area contributed by atoms with Gasteiger partial charge in [0.2, 0.25) is 23.6 Å². The number of anilines is 2. The molecule has 3 aliphatic rings. The molecule has 0 unspecified atom stereocenters. The number of aromatic nitrogens is 1. The number of methoxy groups -OCH3 is 2. The number of carbonyl (C=O) groups excluding carboxylic acids is 9. The SMILES string of the molecule is COc1cc2cc(c1Cl)N(C)C(=O)C[C@H](OC(=O)[C@H](C)N(C)C(=O)c1ccc(NC(=O)[C@H](CCCNC(N)=O)NC(=O)[C@@H](NC(=O)CCCCCNC(C=O)(CBr)CBr)C(C)C)c3cccnc13)[C@]1(C)O[C@H]1[C@H](C)[C@@H]1C[C@@](O)(NC(=O)O1)[C@H](OC)/C=C/C=C(\C)C2. The van der Waals surface area contributed by atoms with Gasteiger partial charge in [-0.15, -0.1) is 0 Å². The van der Waals surface area contributed by atoms with Crippen molar-refractivity contribution in [2.75, 3.05) is 62.3 Å². The minimum absolute atomic E-state index is 0.0306. The molecule has 28 heteroatoms. The van der Waals surface area contributed by atoms with Gasteiger partial charge in [0.1, 0.15) is 59.1 Å². The van der Waals surface area contributed by atoms with Crippen LogP contribution in [0.1, 0.15) is 109 Å². The van der Waals surface area contributed by atoms with Crippen molar-refractivity contribution < 1.29 is 71.9 Å². The zero-order valence-corrected chi connectivity index (χ0v) is 56.9. The van der Waals surface area contributed by atoms with Crippen LogP contribution in [0, 0.1) is 11.8 Å². The van der Waals surface area contributed by atoms with E-state index < -0.39 is 119 Å². The number of urea groups is 1. The first kappa shape index (κ1) is 73.3. The van der Waals surface area contributed by atoms with Crippen LogP contribution in [0.4, 0.5) is 21.0 Å². The number of epoxide rings is 1. The van der Waals surface area contributed by atoms with Gasteiger partial charge in [-0.3, -0.25) is 34.3 Å². The number of nitrogens with zero attached hydrogens (tertiary/aromatic N) is 3. The first-order valence-corrected chi connectivity index (χ1v) is 32.7. The van der Waals surface area contributed by atoms with Crippen LogP contribution in [0.3, 0.4) is 0 Å².